The molecule has 0 saturated heterocycles. The molecule has 0 aromatic carbocycles. The van der Waals surface area contributed by atoms with Crippen LogP contribution in [0.3, 0.4) is 0 Å². The molecule has 8 N–H and O–H groups in total. The number of aliphatic carboxylic acids is 1. The average Bonchev–Trinajstić information content (AvgIpc) is 2.60. The maximum atomic E-state index is 12.2. The van der Waals surface area contributed by atoms with Crippen LogP contribution in [0.4, 0.5) is 0 Å². The Morgan fingerprint density at radius 3 is 1.82 bits per heavy atom. The third-order valence-electron chi connectivity index (χ3n) is 4.13. The van der Waals surface area contributed by atoms with Gasteiger partial charge in [0.25, 0.3) is 0 Å². The lowest BCUT2D eigenvalue weighted by atomic mass is 10.0. The molecule has 0 heterocycles. The monoisotopic (exact) mass is 401 g/mol. The molecule has 0 aliphatic rings. The summed E-state index contributed by atoms with van der Waals surface area (Å²) in [7, 11) is 0. The summed E-state index contributed by atoms with van der Waals surface area (Å²) >= 11 is 0. The van der Waals surface area contributed by atoms with Gasteiger partial charge in [0.15, 0.2) is 0 Å². The zero-order chi connectivity index (χ0) is 21.9. The molecular weight excluding hydrogens is 366 g/mol. The summed E-state index contributed by atoms with van der Waals surface area (Å²) in [6, 6.07) is -3.63. The van der Waals surface area contributed by atoms with Gasteiger partial charge in [0, 0.05) is 0 Å². The Kier molecular flexibility index (Phi) is 12.0. The fraction of sp³-hybridized carbons (Fsp3) is 0.778. The van der Waals surface area contributed by atoms with Gasteiger partial charge in [-0.25, -0.2) is 4.79 Å². The molecule has 4 unspecified atom stereocenters. The van der Waals surface area contributed by atoms with E-state index in [9.17, 15) is 24.3 Å². The van der Waals surface area contributed by atoms with E-state index in [1.165, 1.54) is 13.8 Å². The number of hydrogen-bond donors (Lipinski definition) is 6. The van der Waals surface area contributed by atoms with Crippen LogP contribution in [0, 0.1) is 5.92 Å². The average molecular weight is 402 g/mol. The predicted octanol–water partition coefficient (Wildman–Crippen LogP) is -0.932. The molecule has 0 aliphatic carbocycles. The number of unbranched alkanes of at least 4 members (excludes halogenated alkanes) is 1. The van der Waals surface area contributed by atoms with Crippen LogP contribution in [-0.2, 0) is 19.2 Å². The third kappa shape index (κ3) is 10.2. The van der Waals surface area contributed by atoms with E-state index in [0.717, 1.165) is 6.42 Å². The number of amides is 3. The highest BCUT2D eigenvalue weighted by molar-refractivity contribution is 5.93. The van der Waals surface area contributed by atoms with E-state index in [4.69, 9.17) is 11.5 Å². The number of carbonyl (C=O) groups is 4. The van der Waals surface area contributed by atoms with Crippen LogP contribution in [0.25, 0.3) is 0 Å². The molecule has 0 saturated carbocycles. The van der Waals surface area contributed by atoms with Gasteiger partial charge in [0.05, 0.1) is 6.04 Å². The van der Waals surface area contributed by atoms with Crippen molar-refractivity contribution in [3.63, 3.8) is 0 Å². The standard InChI is InChI=1S/C18H35N5O5/c1-10(2)9-14(18(27)28)23-16(25)12(4)21-15(24)11(3)22-17(26)13(20)7-5-6-8-19/h10-14H,5-9,19-20H2,1-4H3,(H,21,24)(H,22,26)(H,23,25)(H,27,28). The summed E-state index contributed by atoms with van der Waals surface area (Å²) in [5.74, 6) is -2.70. The van der Waals surface area contributed by atoms with Gasteiger partial charge in [-0.2, -0.15) is 0 Å². The fourth-order valence-electron chi connectivity index (χ4n) is 2.42. The topological polar surface area (TPSA) is 177 Å². The van der Waals surface area contributed by atoms with Crippen LogP contribution in [0.5, 0.6) is 0 Å². The molecule has 0 fully saturated rings. The van der Waals surface area contributed by atoms with Gasteiger partial charge in [-0.05, 0) is 45.6 Å². The Morgan fingerprint density at radius 2 is 1.36 bits per heavy atom. The lowest BCUT2D eigenvalue weighted by Gasteiger charge is -2.22. The normalized spacial score (nSPS) is 15.2. The second kappa shape index (κ2) is 13.1. The number of rotatable bonds is 13. The number of carbonyl (C=O) groups excluding carboxylic acids is 3. The number of nitrogens with one attached hydrogen (secondary N) is 3. The maximum absolute atomic E-state index is 12.2. The smallest absolute Gasteiger partial charge is 0.326 e. The fourth-order valence-corrected chi connectivity index (χ4v) is 2.42. The summed E-state index contributed by atoms with van der Waals surface area (Å²) in [6.07, 6.45) is 2.21. The SMILES string of the molecule is CC(C)CC(NC(=O)C(C)NC(=O)C(C)NC(=O)C(N)CCCCN)C(=O)O. The van der Waals surface area contributed by atoms with E-state index in [2.05, 4.69) is 16.0 Å². The van der Waals surface area contributed by atoms with Crippen LogP contribution in [-0.4, -0.2) is 59.5 Å². The number of carboxylic acids is 1. The zero-order valence-corrected chi connectivity index (χ0v) is 17.2. The second-order valence-corrected chi connectivity index (χ2v) is 7.38. The predicted molar refractivity (Wildman–Crippen MR) is 105 cm³/mol. The number of carboxylic acid groups (broad SMARTS) is 1. The molecular formula is C18H35N5O5. The van der Waals surface area contributed by atoms with Gasteiger partial charge >= 0.3 is 5.97 Å². The van der Waals surface area contributed by atoms with Crippen molar-refractivity contribution in [3.05, 3.63) is 0 Å². The summed E-state index contributed by atoms with van der Waals surface area (Å²) in [4.78, 5) is 47.6. The molecule has 0 aliphatic heterocycles. The minimum Gasteiger partial charge on any atom is -0.480 e. The Balaban J connectivity index is 4.55. The van der Waals surface area contributed by atoms with E-state index in [1.807, 2.05) is 13.8 Å². The van der Waals surface area contributed by atoms with E-state index >= 15 is 0 Å². The molecule has 3 amide bonds. The van der Waals surface area contributed by atoms with Crippen LogP contribution >= 0.6 is 0 Å². The Morgan fingerprint density at radius 1 is 0.857 bits per heavy atom. The Labute approximate surface area is 166 Å². The minimum atomic E-state index is -1.13. The van der Waals surface area contributed by atoms with Crippen molar-refractivity contribution in [3.8, 4) is 0 Å². The lowest BCUT2D eigenvalue weighted by Crippen LogP contribution is -2.55. The highest BCUT2D eigenvalue weighted by Gasteiger charge is 2.26. The maximum Gasteiger partial charge on any atom is 0.326 e. The van der Waals surface area contributed by atoms with Crippen LogP contribution in [0.1, 0.15) is 53.4 Å². The molecule has 4 atom stereocenters. The molecule has 10 heteroatoms. The molecule has 0 spiro atoms. The van der Waals surface area contributed by atoms with Crippen molar-refractivity contribution >= 4 is 23.7 Å². The Bertz CT molecular complexity index is 540. The van der Waals surface area contributed by atoms with Crippen LogP contribution < -0.4 is 27.4 Å². The highest BCUT2D eigenvalue weighted by atomic mass is 16.4. The molecule has 0 aromatic rings. The molecule has 28 heavy (non-hydrogen) atoms. The molecule has 10 nitrogen and oxygen atoms in total. The quantitative estimate of drug-likeness (QED) is 0.216. The third-order valence-corrected chi connectivity index (χ3v) is 4.13. The van der Waals surface area contributed by atoms with Gasteiger partial charge in [-0.3, -0.25) is 14.4 Å². The number of nitrogens with two attached hydrogens (primary N) is 2. The van der Waals surface area contributed by atoms with Gasteiger partial charge in [-0.15, -0.1) is 0 Å². The van der Waals surface area contributed by atoms with Crippen molar-refractivity contribution in [2.45, 2.75) is 77.5 Å². The lowest BCUT2D eigenvalue weighted by molar-refractivity contribution is -0.142. The minimum absolute atomic E-state index is 0.0793. The van der Waals surface area contributed by atoms with Gasteiger partial charge in [0.2, 0.25) is 17.7 Å². The van der Waals surface area contributed by atoms with Crippen molar-refractivity contribution in [2.75, 3.05) is 6.54 Å². The summed E-state index contributed by atoms with van der Waals surface area (Å²) < 4.78 is 0. The first-order valence-corrected chi connectivity index (χ1v) is 9.59. The summed E-state index contributed by atoms with van der Waals surface area (Å²) in [5, 5.41) is 16.6. The summed E-state index contributed by atoms with van der Waals surface area (Å²) in [5.41, 5.74) is 11.2. The zero-order valence-electron chi connectivity index (χ0n) is 17.2. The van der Waals surface area contributed by atoms with Crippen molar-refractivity contribution in [1.29, 1.82) is 0 Å². The summed E-state index contributed by atoms with van der Waals surface area (Å²) in [6.45, 7) is 7.13. The van der Waals surface area contributed by atoms with Crippen molar-refractivity contribution in [1.82, 2.24) is 16.0 Å². The van der Waals surface area contributed by atoms with Gasteiger partial charge < -0.3 is 32.5 Å². The van der Waals surface area contributed by atoms with Crippen molar-refractivity contribution in [2.24, 2.45) is 17.4 Å². The molecule has 0 bridgehead atoms. The van der Waals surface area contributed by atoms with Crippen LogP contribution in [0.2, 0.25) is 0 Å². The van der Waals surface area contributed by atoms with E-state index < -0.39 is 47.9 Å². The molecule has 0 aromatic heterocycles. The van der Waals surface area contributed by atoms with E-state index in [1.54, 1.807) is 0 Å². The highest BCUT2D eigenvalue weighted by Crippen LogP contribution is 2.05. The molecule has 0 rings (SSSR count). The molecule has 0 radical (unpaired) electrons. The number of hydrogen-bond acceptors (Lipinski definition) is 6. The van der Waals surface area contributed by atoms with E-state index in [-0.39, 0.29) is 12.3 Å². The van der Waals surface area contributed by atoms with E-state index in [0.29, 0.717) is 19.4 Å². The Hall–Kier alpha value is -2.20. The van der Waals surface area contributed by atoms with Gasteiger partial charge in [0.1, 0.15) is 18.1 Å². The second-order valence-electron chi connectivity index (χ2n) is 7.38. The first kappa shape index (κ1) is 25.8. The van der Waals surface area contributed by atoms with Gasteiger partial charge in [-0.1, -0.05) is 20.3 Å². The first-order chi connectivity index (χ1) is 13.0. The largest absolute Gasteiger partial charge is 0.480 e. The first-order valence-electron chi connectivity index (χ1n) is 9.59. The van der Waals surface area contributed by atoms with Crippen molar-refractivity contribution < 1.29 is 24.3 Å². The molecule has 162 valence electrons. The van der Waals surface area contributed by atoms with Crippen LogP contribution in [0.15, 0.2) is 0 Å².